The molecule has 1 heterocycles. The second-order valence-electron chi connectivity index (χ2n) is 6.46. The zero-order valence-corrected chi connectivity index (χ0v) is 15.4. The van der Waals surface area contributed by atoms with Crippen molar-refractivity contribution in [1.29, 1.82) is 0 Å². The lowest BCUT2D eigenvalue weighted by Gasteiger charge is -2.25. The molecule has 1 fully saturated rings. The van der Waals surface area contributed by atoms with E-state index in [0.29, 0.717) is 18.9 Å². The summed E-state index contributed by atoms with van der Waals surface area (Å²) in [7, 11) is 3.31. The van der Waals surface area contributed by atoms with Gasteiger partial charge in [-0.05, 0) is 37.1 Å². The van der Waals surface area contributed by atoms with E-state index >= 15 is 0 Å². The van der Waals surface area contributed by atoms with E-state index in [1.165, 1.54) is 0 Å². The molecule has 1 saturated heterocycles. The standard InChI is InChI=1S/C21H26NO4/c1-24-20-11-18(26-15-16-7-4-3-5-8-16)12-21(25-2)19(20)13-22-10-6-9-17(22)14-23/h3-4,7-8,11-12,17,23H,6,9-10,13-15H2,1-2H3/t17-/m0/s1. The van der Waals surface area contributed by atoms with Crippen LogP contribution in [-0.2, 0) is 13.2 Å². The predicted molar refractivity (Wildman–Crippen MR) is 99.7 cm³/mol. The third-order valence-corrected chi connectivity index (χ3v) is 4.83. The molecule has 5 heteroatoms. The van der Waals surface area contributed by atoms with Gasteiger partial charge in [-0.2, -0.15) is 0 Å². The Balaban J connectivity index is 1.79. The number of nitrogens with zero attached hydrogens (tertiary/aromatic N) is 1. The summed E-state index contributed by atoms with van der Waals surface area (Å²) in [6, 6.07) is 14.8. The fourth-order valence-electron chi connectivity index (χ4n) is 3.40. The number of hydrogen-bond acceptors (Lipinski definition) is 5. The molecule has 2 aromatic carbocycles. The van der Waals surface area contributed by atoms with Gasteiger partial charge in [-0.25, -0.2) is 0 Å². The van der Waals surface area contributed by atoms with Gasteiger partial charge in [0.2, 0.25) is 0 Å². The van der Waals surface area contributed by atoms with Crippen LogP contribution in [0.4, 0.5) is 0 Å². The van der Waals surface area contributed by atoms with Gasteiger partial charge in [-0.1, -0.05) is 18.2 Å². The second-order valence-corrected chi connectivity index (χ2v) is 6.46. The van der Waals surface area contributed by atoms with E-state index in [-0.39, 0.29) is 12.6 Å². The lowest BCUT2D eigenvalue weighted by atomic mass is 10.1. The van der Waals surface area contributed by atoms with Gasteiger partial charge in [0, 0.05) is 24.7 Å². The molecule has 1 aliphatic heterocycles. The van der Waals surface area contributed by atoms with Crippen molar-refractivity contribution in [3.63, 3.8) is 0 Å². The van der Waals surface area contributed by atoms with Crippen LogP contribution >= 0.6 is 0 Å². The van der Waals surface area contributed by atoms with E-state index in [4.69, 9.17) is 14.2 Å². The van der Waals surface area contributed by atoms with Gasteiger partial charge >= 0.3 is 0 Å². The molecule has 139 valence electrons. The minimum atomic E-state index is 0.180. The van der Waals surface area contributed by atoms with Crippen LogP contribution in [0.15, 0.2) is 36.4 Å². The first-order valence-electron chi connectivity index (χ1n) is 8.92. The zero-order valence-electron chi connectivity index (χ0n) is 15.4. The Morgan fingerprint density at radius 2 is 2.00 bits per heavy atom. The lowest BCUT2D eigenvalue weighted by molar-refractivity contribution is 0.151. The van der Waals surface area contributed by atoms with E-state index in [9.17, 15) is 5.11 Å². The molecule has 1 atom stereocenters. The van der Waals surface area contributed by atoms with Crippen molar-refractivity contribution in [2.45, 2.75) is 32.0 Å². The Hall–Kier alpha value is -2.24. The van der Waals surface area contributed by atoms with Gasteiger partial charge < -0.3 is 19.3 Å². The molecule has 2 aromatic rings. The van der Waals surface area contributed by atoms with E-state index in [2.05, 4.69) is 11.0 Å². The van der Waals surface area contributed by atoms with Gasteiger partial charge in [-0.15, -0.1) is 0 Å². The molecular weight excluding hydrogens is 330 g/mol. The molecule has 1 radical (unpaired) electrons. The average Bonchev–Trinajstić information content (AvgIpc) is 3.14. The van der Waals surface area contributed by atoms with Crippen LogP contribution in [0, 0.1) is 6.07 Å². The van der Waals surface area contributed by atoms with Gasteiger partial charge in [0.1, 0.15) is 23.9 Å². The topological polar surface area (TPSA) is 51.2 Å². The summed E-state index contributed by atoms with van der Waals surface area (Å²) in [4.78, 5) is 2.28. The number of likely N-dealkylation sites (tertiary alicyclic amines) is 1. The largest absolute Gasteiger partial charge is 0.496 e. The Bertz CT molecular complexity index is 679. The normalized spacial score (nSPS) is 17.3. The fourth-order valence-corrected chi connectivity index (χ4v) is 3.40. The number of benzene rings is 2. The van der Waals surface area contributed by atoms with Gasteiger partial charge in [0.25, 0.3) is 0 Å². The maximum atomic E-state index is 9.56. The molecule has 5 nitrogen and oxygen atoms in total. The molecule has 1 N–H and O–H groups in total. The Kier molecular flexibility index (Phi) is 6.36. The quantitative estimate of drug-likeness (QED) is 0.788. The molecule has 0 amide bonds. The van der Waals surface area contributed by atoms with Crippen molar-refractivity contribution in [2.24, 2.45) is 0 Å². The molecule has 3 rings (SSSR count). The fraction of sp³-hybridized carbons (Fsp3) is 0.429. The van der Waals surface area contributed by atoms with Gasteiger partial charge in [-0.3, -0.25) is 4.90 Å². The van der Waals surface area contributed by atoms with Crippen LogP contribution in [0.3, 0.4) is 0 Å². The van der Waals surface area contributed by atoms with Crippen LogP contribution in [0.5, 0.6) is 17.2 Å². The maximum absolute atomic E-state index is 9.56. The summed E-state index contributed by atoms with van der Waals surface area (Å²) in [5, 5.41) is 9.56. The van der Waals surface area contributed by atoms with Crippen LogP contribution in [0.1, 0.15) is 24.0 Å². The first-order valence-corrected chi connectivity index (χ1v) is 8.92. The monoisotopic (exact) mass is 356 g/mol. The van der Waals surface area contributed by atoms with Crippen LogP contribution in [0.2, 0.25) is 0 Å². The highest BCUT2D eigenvalue weighted by atomic mass is 16.5. The van der Waals surface area contributed by atoms with E-state index in [0.717, 1.165) is 42.0 Å². The van der Waals surface area contributed by atoms with Gasteiger partial charge in [0.15, 0.2) is 0 Å². The molecular formula is C21H26NO4. The number of rotatable bonds is 8. The number of methoxy groups -OCH3 is 2. The number of hydrogen-bond donors (Lipinski definition) is 1. The zero-order chi connectivity index (χ0) is 18.4. The Labute approximate surface area is 155 Å². The van der Waals surface area contributed by atoms with Crippen molar-refractivity contribution in [1.82, 2.24) is 4.90 Å². The van der Waals surface area contributed by atoms with Gasteiger partial charge in [0.05, 0.1) is 26.4 Å². The van der Waals surface area contributed by atoms with E-state index in [1.807, 2.05) is 36.4 Å². The maximum Gasteiger partial charge on any atom is 0.130 e. The average molecular weight is 356 g/mol. The lowest BCUT2D eigenvalue weighted by Crippen LogP contribution is -2.31. The number of aliphatic hydroxyl groups excluding tert-OH is 1. The molecule has 0 bridgehead atoms. The number of aliphatic hydroxyl groups is 1. The molecule has 0 saturated carbocycles. The van der Waals surface area contributed by atoms with Crippen LogP contribution in [0.25, 0.3) is 0 Å². The number of ether oxygens (including phenoxy) is 3. The van der Waals surface area contributed by atoms with Crippen molar-refractivity contribution in [3.05, 3.63) is 53.6 Å². The highest BCUT2D eigenvalue weighted by Gasteiger charge is 2.26. The molecule has 26 heavy (non-hydrogen) atoms. The summed E-state index contributed by atoms with van der Waals surface area (Å²) >= 11 is 0. The van der Waals surface area contributed by atoms with Crippen LogP contribution < -0.4 is 14.2 Å². The first-order chi connectivity index (χ1) is 12.7. The first kappa shape index (κ1) is 18.5. The van der Waals surface area contributed by atoms with Crippen LogP contribution in [-0.4, -0.2) is 43.4 Å². The van der Waals surface area contributed by atoms with Crippen molar-refractivity contribution < 1.29 is 19.3 Å². The minimum Gasteiger partial charge on any atom is -0.496 e. The van der Waals surface area contributed by atoms with Crippen molar-refractivity contribution in [3.8, 4) is 17.2 Å². The molecule has 1 aliphatic rings. The van der Waals surface area contributed by atoms with Crippen molar-refractivity contribution >= 4 is 0 Å². The molecule has 0 unspecified atom stereocenters. The third kappa shape index (κ3) is 4.29. The molecule has 0 spiro atoms. The summed E-state index contributed by atoms with van der Waals surface area (Å²) in [6.07, 6.45) is 2.13. The Morgan fingerprint density at radius 3 is 2.62 bits per heavy atom. The Morgan fingerprint density at radius 1 is 1.23 bits per heavy atom. The summed E-state index contributed by atoms with van der Waals surface area (Å²) in [5.74, 6) is 2.18. The highest BCUT2D eigenvalue weighted by Crippen LogP contribution is 2.36. The third-order valence-electron chi connectivity index (χ3n) is 4.83. The summed E-state index contributed by atoms with van der Waals surface area (Å²) < 4.78 is 17.1. The SMILES string of the molecule is COc1cc(OCc2c[c]ccc2)cc(OC)c1CN1CCC[C@H]1CO. The summed E-state index contributed by atoms with van der Waals surface area (Å²) in [5.41, 5.74) is 2.04. The smallest absolute Gasteiger partial charge is 0.130 e. The predicted octanol–water partition coefficient (Wildman–Crippen LogP) is 3.04. The van der Waals surface area contributed by atoms with E-state index < -0.39 is 0 Å². The summed E-state index contributed by atoms with van der Waals surface area (Å²) in [6.45, 7) is 2.30. The minimum absolute atomic E-state index is 0.180. The molecule has 0 aliphatic carbocycles. The highest BCUT2D eigenvalue weighted by molar-refractivity contribution is 5.50. The molecule has 0 aromatic heterocycles. The van der Waals surface area contributed by atoms with E-state index in [1.54, 1.807) is 14.2 Å². The second kappa shape index (κ2) is 8.92. The van der Waals surface area contributed by atoms with Crippen molar-refractivity contribution in [2.75, 3.05) is 27.4 Å².